The quantitative estimate of drug-likeness (QED) is 0.590. The minimum Gasteiger partial charge on any atom is -0.393 e. The van der Waals surface area contributed by atoms with Gasteiger partial charge in [-0.3, -0.25) is 5.10 Å². The molecule has 1 aromatic carbocycles. The average Bonchev–Trinajstić information content (AvgIpc) is 3.05. The summed E-state index contributed by atoms with van der Waals surface area (Å²) < 4.78 is 0. The summed E-state index contributed by atoms with van der Waals surface area (Å²) in [6.45, 7) is 0. The van der Waals surface area contributed by atoms with Crippen LogP contribution in [-0.4, -0.2) is 32.4 Å². The maximum absolute atomic E-state index is 9.55. The van der Waals surface area contributed by atoms with Gasteiger partial charge in [-0.2, -0.15) is 5.10 Å². The normalized spacial score (nSPS) is 27.9. The molecular weight excluding hydrogens is 314 g/mol. The van der Waals surface area contributed by atoms with Crippen molar-refractivity contribution in [3.8, 4) is 11.3 Å². The lowest BCUT2D eigenvalue weighted by Gasteiger charge is -2.56. The van der Waals surface area contributed by atoms with E-state index in [0.717, 1.165) is 53.5 Å². The number of aromatic nitrogens is 3. The van der Waals surface area contributed by atoms with Crippen LogP contribution in [0.5, 0.6) is 0 Å². The molecule has 2 aliphatic rings. The number of hydrogen-bond donors (Lipinski definition) is 4. The molecule has 25 heavy (non-hydrogen) atoms. The highest BCUT2D eigenvalue weighted by Gasteiger charge is 2.52. The van der Waals surface area contributed by atoms with Crippen LogP contribution < -0.4 is 11.1 Å². The Hall–Kier alpha value is -2.60. The fourth-order valence-corrected chi connectivity index (χ4v) is 4.53. The van der Waals surface area contributed by atoms with Crippen LogP contribution in [0.2, 0.25) is 0 Å². The Labute approximate surface area is 145 Å². The van der Waals surface area contributed by atoms with Gasteiger partial charge in [0.25, 0.3) is 0 Å². The van der Waals surface area contributed by atoms with Gasteiger partial charge in [-0.05, 0) is 43.2 Å². The lowest BCUT2D eigenvalue weighted by molar-refractivity contribution is -0.0867. The molecule has 0 aliphatic heterocycles. The molecule has 2 aromatic heterocycles. The van der Waals surface area contributed by atoms with Gasteiger partial charge in [-0.25, -0.2) is 4.98 Å². The molecule has 0 unspecified atom stereocenters. The first-order valence-electron chi connectivity index (χ1n) is 8.75. The number of anilines is 2. The van der Waals surface area contributed by atoms with E-state index in [1.165, 1.54) is 0 Å². The summed E-state index contributed by atoms with van der Waals surface area (Å²) in [4.78, 5) is 4.49. The number of H-pyrrole nitrogens is 1. The van der Waals surface area contributed by atoms with Crippen molar-refractivity contribution >= 4 is 22.4 Å². The van der Waals surface area contributed by atoms with Crippen molar-refractivity contribution in [2.75, 3.05) is 11.1 Å². The molecule has 128 valence electrons. The van der Waals surface area contributed by atoms with Crippen LogP contribution in [-0.2, 0) is 0 Å². The van der Waals surface area contributed by atoms with Crippen LogP contribution in [0.3, 0.4) is 0 Å². The summed E-state index contributed by atoms with van der Waals surface area (Å²) in [5.41, 5.74) is 10.3. The lowest BCUT2D eigenvalue weighted by atomic mass is 9.53. The van der Waals surface area contributed by atoms with Gasteiger partial charge >= 0.3 is 0 Å². The molecule has 2 aliphatic carbocycles. The Morgan fingerprint density at radius 3 is 2.72 bits per heavy atom. The number of rotatable bonds is 3. The molecule has 2 fully saturated rings. The van der Waals surface area contributed by atoms with Crippen LogP contribution in [0.1, 0.15) is 25.7 Å². The van der Waals surface area contributed by atoms with Gasteiger partial charge in [0.15, 0.2) is 0 Å². The van der Waals surface area contributed by atoms with Crippen LogP contribution in [0, 0.1) is 5.41 Å². The van der Waals surface area contributed by atoms with Crippen LogP contribution in [0.25, 0.3) is 22.2 Å². The molecule has 0 bridgehead atoms. The number of benzene rings is 1. The Kier molecular flexibility index (Phi) is 3.06. The van der Waals surface area contributed by atoms with E-state index in [2.05, 4.69) is 32.6 Å². The Morgan fingerprint density at radius 2 is 2.00 bits per heavy atom. The van der Waals surface area contributed by atoms with Crippen LogP contribution in [0.15, 0.2) is 36.5 Å². The molecule has 5 N–H and O–H groups in total. The summed E-state index contributed by atoms with van der Waals surface area (Å²) in [5, 5.41) is 21.2. The van der Waals surface area contributed by atoms with Gasteiger partial charge < -0.3 is 16.2 Å². The van der Waals surface area contributed by atoms with E-state index in [1.54, 1.807) is 6.20 Å². The Balaban J connectivity index is 1.43. The molecule has 2 saturated carbocycles. The molecular formula is C19H21N5O. The third kappa shape index (κ3) is 2.44. The molecule has 1 spiro atoms. The van der Waals surface area contributed by atoms with Gasteiger partial charge in [0, 0.05) is 34.9 Å². The number of hydrogen-bond acceptors (Lipinski definition) is 5. The molecule has 0 radical (unpaired) electrons. The lowest BCUT2D eigenvalue weighted by Crippen LogP contribution is -2.54. The minimum atomic E-state index is -0.0840. The van der Waals surface area contributed by atoms with Crippen molar-refractivity contribution in [1.29, 1.82) is 0 Å². The van der Waals surface area contributed by atoms with E-state index in [4.69, 9.17) is 5.73 Å². The maximum atomic E-state index is 9.55. The first-order valence-corrected chi connectivity index (χ1v) is 8.75. The number of aliphatic hydroxyl groups is 1. The zero-order valence-corrected chi connectivity index (χ0v) is 13.9. The number of nitrogens with zero attached hydrogens (tertiary/aromatic N) is 2. The summed E-state index contributed by atoms with van der Waals surface area (Å²) >= 11 is 0. The van der Waals surface area contributed by atoms with E-state index >= 15 is 0 Å². The van der Waals surface area contributed by atoms with Crippen LogP contribution >= 0.6 is 0 Å². The fourth-order valence-electron chi connectivity index (χ4n) is 4.53. The number of nitrogen functional groups attached to an aromatic ring is 1. The van der Waals surface area contributed by atoms with Crippen molar-refractivity contribution in [3.05, 3.63) is 36.5 Å². The van der Waals surface area contributed by atoms with Crippen molar-refractivity contribution < 1.29 is 5.11 Å². The molecule has 2 heterocycles. The van der Waals surface area contributed by atoms with Crippen molar-refractivity contribution in [2.45, 2.75) is 37.8 Å². The number of nitrogens with two attached hydrogens (primary N) is 1. The molecule has 0 atom stereocenters. The maximum Gasteiger partial charge on any atom is 0.126 e. The molecule has 0 saturated heterocycles. The second-order valence-electron chi connectivity index (χ2n) is 7.61. The predicted molar refractivity (Wildman–Crippen MR) is 98.1 cm³/mol. The van der Waals surface area contributed by atoms with Crippen molar-refractivity contribution in [2.24, 2.45) is 5.41 Å². The van der Waals surface area contributed by atoms with Crippen molar-refractivity contribution in [3.63, 3.8) is 0 Å². The van der Waals surface area contributed by atoms with Crippen LogP contribution in [0.4, 0.5) is 11.5 Å². The number of aliphatic hydroxyl groups excluding tert-OH is 1. The van der Waals surface area contributed by atoms with Gasteiger partial charge in [0.1, 0.15) is 5.82 Å². The SMILES string of the molecule is Nc1cc(NC2CC3(CC(O)C3)C2)c2ccc(-c3ccn[nH]3)cc2n1. The number of aromatic amines is 1. The third-order valence-electron chi connectivity index (χ3n) is 5.70. The topological polar surface area (TPSA) is 99.9 Å². The van der Waals surface area contributed by atoms with E-state index in [0.29, 0.717) is 17.3 Å². The second kappa shape index (κ2) is 5.20. The number of pyridine rings is 1. The zero-order valence-electron chi connectivity index (χ0n) is 13.9. The zero-order chi connectivity index (χ0) is 17.0. The van der Waals surface area contributed by atoms with Gasteiger partial charge in [0.2, 0.25) is 0 Å². The Bertz CT molecular complexity index is 922. The van der Waals surface area contributed by atoms with Gasteiger partial charge in [0.05, 0.1) is 17.3 Å². The molecule has 6 nitrogen and oxygen atoms in total. The summed E-state index contributed by atoms with van der Waals surface area (Å²) in [5.74, 6) is 0.518. The van der Waals surface area contributed by atoms with E-state index in [9.17, 15) is 5.11 Å². The summed E-state index contributed by atoms with van der Waals surface area (Å²) in [6.07, 6.45) is 5.82. The van der Waals surface area contributed by atoms with Crippen molar-refractivity contribution in [1.82, 2.24) is 15.2 Å². The van der Waals surface area contributed by atoms with E-state index in [-0.39, 0.29) is 6.10 Å². The largest absolute Gasteiger partial charge is 0.393 e. The summed E-state index contributed by atoms with van der Waals surface area (Å²) in [6, 6.07) is 10.5. The second-order valence-corrected chi connectivity index (χ2v) is 7.61. The highest BCUT2D eigenvalue weighted by Crippen LogP contribution is 2.56. The first kappa shape index (κ1) is 14.7. The molecule has 3 aromatic rings. The predicted octanol–water partition coefficient (Wildman–Crippen LogP) is 2.92. The van der Waals surface area contributed by atoms with Gasteiger partial charge in [-0.1, -0.05) is 12.1 Å². The van der Waals surface area contributed by atoms with E-state index in [1.807, 2.05) is 18.2 Å². The minimum absolute atomic E-state index is 0.0840. The molecule has 6 heteroatoms. The van der Waals surface area contributed by atoms with E-state index < -0.39 is 0 Å². The standard InChI is InChI=1S/C19H21N5O/c20-18-6-17(22-12-7-19(8-12)9-13(25)10-19)14-2-1-11(5-16(14)23-18)15-3-4-21-24-15/h1-6,12-13,25H,7-10H2,(H,21,24)(H3,20,22,23). The fraction of sp³-hybridized carbons (Fsp3) is 0.368. The number of fused-ring (bicyclic) bond motifs is 1. The Morgan fingerprint density at radius 1 is 1.16 bits per heavy atom. The average molecular weight is 335 g/mol. The monoisotopic (exact) mass is 335 g/mol. The smallest absolute Gasteiger partial charge is 0.126 e. The summed E-state index contributed by atoms with van der Waals surface area (Å²) in [7, 11) is 0. The molecule has 5 rings (SSSR count). The highest BCUT2D eigenvalue weighted by molar-refractivity contribution is 5.95. The first-order chi connectivity index (χ1) is 12.1. The number of nitrogens with one attached hydrogen (secondary N) is 2. The van der Waals surface area contributed by atoms with Gasteiger partial charge in [-0.15, -0.1) is 0 Å². The third-order valence-corrected chi connectivity index (χ3v) is 5.70. The molecule has 0 amide bonds. The highest BCUT2D eigenvalue weighted by atomic mass is 16.3.